The molecule has 4 N–H and O–H groups in total. The number of amides is 3. The SMILES string of the molecule is NC(=O)N1CCC(Cc2ccc3nccc(N)c3c2)C1=O. The molecular weight excluding hydrogens is 268 g/mol. The van der Waals surface area contributed by atoms with Gasteiger partial charge >= 0.3 is 6.03 Å². The fraction of sp³-hybridized carbons (Fsp3) is 0.267. The molecule has 6 heteroatoms. The minimum atomic E-state index is -0.672. The molecule has 0 bridgehead atoms. The molecule has 0 radical (unpaired) electrons. The van der Waals surface area contributed by atoms with Crippen LogP contribution in [0.5, 0.6) is 0 Å². The van der Waals surface area contributed by atoms with E-state index in [-0.39, 0.29) is 11.8 Å². The van der Waals surface area contributed by atoms with Gasteiger partial charge in [0.05, 0.1) is 5.52 Å². The summed E-state index contributed by atoms with van der Waals surface area (Å²) in [4.78, 5) is 28.6. The Morgan fingerprint density at radius 3 is 2.90 bits per heavy atom. The van der Waals surface area contributed by atoms with Crippen LogP contribution in [0.4, 0.5) is 10.5 Å². The van der Waals surface area contributed by atoms with Crippen LogP contribution >= 0.6 is 0 Å². The topological polar surface area (TPSA) is 102 Å². The second-order valence-corrected chi connectivity index (χ2v) is 5.27. The lowest BCUT2D eigenvalue weighted by atomic mass is 9.96. The number of aromatic nitrogens is 1. The number of anilines is 1. The quantitative estimate of drug-likeness (QED) is 0.867. The molecule has 0 saturated carbocycles. The van der Waals surface area contributed by atoms with Crippen molar-refractivity contribution in [3.8, 4) is 0 Å². The highest BCUT2D eigenvalue weighted by atomic mass is 16.2. The van der Waals surface area contributed by atoms with E-state index in [1.807, 2.05) is 18.2 Å². The maximum atomic E-state index is 12.1. The first-order valence-corrected chi connectivity index (χ1v) is 6.80. The van der Waals surface area contributed by atoms with E-state index in [1.165, 1.54) is 0 Å². The molecule has 1 atom stereocenters. The number of imide groups is 1. The van der Waals surface area contributed by atoms with Crippen molar-refractivity contribution in [2.45, 2.75) is 12.8 Å². The van der Waals surface area contributed by atoms with Gasteiger partial charge < -0.3 is 11.5 Å². The summed E-state index contributed by atoms with van der Waals surface area (Å²) < 4.78 is 0. The molecule has 1 aliphatic heterocycles. The molecule has 3 rings (SSSR count). The van der Waals surface area contributed by atoms with Gasteiger partial charge in [0.25, 0.3) is 0 Å². The van der Waals surface area contributed by atoms with Gasteiger partial charge in [-0.05, 0) is 36.6 Å². The van der Waals surface area contributed by atoms with E-state index in [0.717, 1.165) is 21.4 Å². The zero-order valence-corrected chi connectivity index (χ0v) is 11.5. The second kappa shape index (κ2) is 5.05. The lowest BCUT2D eigenvalue weighted by Gasteiger charge is -2.12. The van der Waals surface area contributed by atoms with Gasteiger partial charge in [0.1, 0.15) is 0 Å². The molecule has 0 aliphatic carbocycles. The van der Waals surface area contributed by atoms with Crippen molar-refractivity contribution in [2.75, 3.05) is 12.3 Å². The molecule has 1 aromatic carbocycles. The van der Waals surface area contributed by atoms with Crippen LogP contribution in [-0.4, -0.2) is 28.4 Å². The molecule has 2 heterocycles. The van der Waals surface area contributed by atoms with Gasteiger partial charge in [-0.15, -0.1) is 0 Å². The molecule has 1 saturated heterocycles. The largest absolute Gasteiger partial charge is 0.398 e. The summed E-state index contributed by atoms with van der Waals surface area (Å²) in [7, 11) is 0. The van der Waals surface area contributed by atoms with E-state index in [9.17, 15) is 9.59 Å². The van der Waals surface area contributed by atoms with Crippen LogP contribution in [0.25, 0.3) is 10.9 Å². The van der Waals surface area contributed by atoms with Crippen LogP contribution in [0.15, 0.2) is 30.5 Å². The standard InChI is InChI=1S/C15H16N4O2/c16-12-3-5-18-13-2-1-9(8-11(12)13)7-10-4-6-19(14(10)20)15(17)21/h1-3,5,8,10H,4,6-7H2,(H2,16,18)(H2,17,21). The maximum Gasteiger partial charge on any atom is 0.321 e. The first-order chi connectivity index (χ1) is 10.1. The third kappa shape index (κ3) is 2.40. The summed E-state index contributed by atoms with van der Waals surface area (Å²) in [6, 6.07) is 6.87. The van der Waals surface area contributed by atoms with Gasteiger partial charge in [-0.2, -0.15) is 0 Å². The average Bonchev–Trinajstić information content (AvgIpc) is 2.81. The Hall–Kier alpha value is -2.63. The van der Waals surface area contributed by atoms with Crippen molar-refractivity contribution < 1.29 is 9.59 Å². The first-order valence-electron chi connectivity index (χ1n) is 6.80. The van der Waals surface area contributed by atoms with E-state index in [2.05, 4.69) is 4.98 Å². The van der Waals surface area contributed by atoms with Crippen LogP contribution in [-0.2, 0) is 11.2 Å². The van der Waals surface area contributed by atoms with Gasteiger partial charge in [0.15, 0.2) is 0 Å². The van der Waals surface area contributed by atoms with Gasteiger partial charge in [0.2, 0.25) is 5.91 Å². The zero-order valence-electron chi connectivity index (χ0n) is 11.5. The van der Waals surface area contributed by atoms with E-state index >= 15 is 0 Å². The predicted octanol–water partition coefficient (Wildman–Crippen LogP) is 1.29. The van der Waals surface area contributed by atoms with Gasteiger partial charge in [-0.1, -0.05) is 6.07 Å². The van der Waals surface area contributed by atoms with Crippen molar-refractivity contribution in [2.24, 2.45) is 11.7 Å². The number of hydrogen-bond donors (Lipinski definition) is 2. The Morgan fingerprint density at radius 2 is 2.19 bits per heavy atom. The van der Waals surface area contributed by atoms with Crippen molar-refractivity contribution in [3.05, 3.63) is 36.0 Å². The molecule has 6 nitrogen and oxygen atoms in total. The maximum absolute atomic E-state index is 12.1. The van der Waals surface area contributed by atoms with Crippen molar-refractivity contribution >= 4 is 28.5 Å². The van der Waals surface area contributed by atoms with Crippen molar-refractivity contribution in [1.29, 1.82) is 0 Å². The fourth-order valence-electron chi connectivity index (χ4n) is 2.77. The molecule has 21 heavy (non-hydrogen) atoms. The van der Waals surface area contributed by atoms with Gasteiger partial charge in [-0.3, -0.25) is 14.7 Å². The van der Waals surface area contributed by atoms with Crippen LogP contribution in [0, 0.1) is 5.92 Å². The Kier molecular flexibility index (Phi) is 3.21. The van der Waals surface area contributed by atoms with Crippen molar-refractivity contribution in [3.63, 3.8) is 0 Å². The number of hydrogen-bond acceptors (Lipinski definition) is 4. The van der Waals surface area contributed by atoms with Gasteiger partial charge in [-0.25, -0.2) is 4.79 Å². The molecule has 1 unspecified atom stereocenters. The summed E-state index contributed by atoms with van der Waals surface area (Å²) in [5.41, 5.74) is 13.6. The number of carbonyl (C=O) groups excluding carboxylic acids is 2. The number of urea groups is 1. The van der Waals surface area contributed by atoms with Gasteiger partial charge in [0, 0.05) is 29.7 Å². The Morgan fingerprint density at radius 1 is 1.38 bits per heavy atom. The Bertz CT molecular complexity index is 729. The summed E-state index contributed by atoms with van der Waals surface area (Å²) >= 11 is 0. The number of pyridine rings is 1. The van der Waals surface area contributed by atoms with Crippen LogP contribution in [0.2, 0.25) is 0 Å². The second-order valence-electron chi connectivity index (χ2n) is 5.27. The third-order valence-corrected chi connectivity index (χ3v) is 3.90. The molecule has 1 fully saturated rings. The van der Waals surface area contributed by atoms with E-state index in [4.69, 9.17) is 11.5 Å². The van der Waals surface area contributed by atoms with E-state index in [1.54, 1.807) is 12.3 Å². The number of fused-ring (bicyclic) bond motifs is 1. The normalized spacial score (nSPS) is 18.4. The first kappa shape index (κ1) is 13.4. The van der Waals surface area contributed by atoms with E-state index in [0.29, 0.717) is 25.1 Å². The minimum Gasteiger partial charge on any atom is -0.398 e. The predicted molar refractivity (Wildman–Crippen MR) is 79.3 cm³/mol. The van der Waals surface area contributed by atoms with Crippen LogP contribution in [0.3, 0.4) is 0 Å². The Labute approximate surface area is 121 Å². The number of nitrogen functional groups attached to an aromatic ring is 1. The summed E-state index contributed by atoms with van der Waals surface area (Å²) in [6.45, 7) is 0.399. The molecule has 0 spiro atoms. The third-order valence-electron chi connectivity index (χ3n) is 3.90. The highest BCUT2D eigenvalue weighted by Gasteiger charge is 2.34. The highest BCUT2D eigenvalue weighted by Crippen LogP contribution is 2.25. The number of benzene rings is 1. The molecule has 3 amide bonds. The average molecular weight is 284 g/mol. The number of primary amides is 1. The Balaban J connectivity index is 1.84. The number of nitrogens with two attached hydrogens (primary N) is 2. The highest BCUT2D eigenvalue weighted by molar-refractivity contribution is 5.96. The number of likely N-dealkylation sites (tertiary alicyclic amines) is 1. The molecular formula is C15H16N4O2. The van der Waals surface area contributed by atoms with Crippen LogP contribution in [0.1, 0.15) is 12.0 Å². The molecule has 1 aliphatic rings. The molecule has 108 valence electrons. The van der Waals surface area contributed by atoms with Crippen LogP contribution < -0.4 is 11.5 Å². The smallest absolute Gasteiger partial charge is 0.321 e. The summed E-state index contributed by atoms with van der Waals surface area (Å²) in [6.07, 6.45) is 2.89. The lowest BCUT2D eigenvalue weighted by Crippen LogP contribution is -2.38. The van der Waals surface area contributed by atoms with Crippen molar-refractivity contribution in [1.82, 2.24) is 9.88 Å². The number of carbonyl (C=O) groups is 2. The number of nitrogens with zero attached hydrogens (tertiary/aromatic N) is 2. The monoisotopic (exact) mass is 284 g/mol. The summed E-state index contributed by atoms with van der Waals surface area (Å²) in [5, 5.41) is 0.882. The molecule has 1 aromatic heterocycles. The zero-order chi connectivity index (χ0) is 15.0. The summed E-state index contributed by atoms with van der Waals surface area (Å²) in [5.74, 6) is -0.394. The fourth-order valence-corrected chi connectivity index (χ4v) is 2.77. The molecule has 2 aromatic rings. The lowest BCUT2D eigenvalue weighted by molar-refractivity contribution is -0.128. The minimum absolute atomic E-state index is 0.193. The van der Waals surface area contributed by atoms with E-state index < -0.39 is 6.03 Å². The number of rotatable bonds is 2.